The minimum Gasteiger partial charge on any atom is -0.343 e. The second-order valence-electron chi connectivity index (χ2n) is 9.33. The molecule has 138 valence electrons. The summed E-state index contributed by atoms with van der Waals surface area (Å²) < 4.78 is 0.365. The molecule has 0 N–H and O–H groups in total. The number of piperidine rings is 1. The lowest BCUT2D eigenvalue weighted by molar-refractivity contribution is -0.140. The predicted octanol–water partition coefficient (Wildman–Crippen LogP) is 4.08. The minimum atomic E-state index is 0. The highest BCUT2D eigenvalue weighted by molar-refractivity contribution is 9.10. The number of halogens is 2. The molecule has 2 unspecified atom stereocenters. The van der Waals surface area contributed by atoms with Gasteiger partial charge in [-0.1, -0.05) is 15.9 Å². The largest absolute Gasteiger partial charge is 0.343 e. The Kier molecular flexibility index (Phi) is 5.33. The van der Waals surface area contributed by atoms with Crippen molar-refractivity contribution >= 4 is 34.2 Å². The van der Waals surface area contributed by atoms with Crippen molar-refractivity contribution in [2.45, 2.75) is 68.2 Å². The molecule has 5 heteroatoms. The van der Waals surface area contributed by atoms with Crippen molar-refractivity contribution in [1.29, 1.82) is 0 Å². The van der Waals surface area contributed by atoms with Crippen LogP contribution in [0.5, 0.6) is 0 Å². The number of amides is 1. The van der Waals surface area contributed by atoms with Gasteiger partial charge in [-0.25, -0.2) is 0 Å². The first-order chi connectivity index (χ1) is 10.9. The summed E-state index contributed by atoms with van der Waals surface area (Å²) in [7, 11) is 4.24. The van der Waals surface area contributed by atoms with Gasteiger partial charge < -0.3 is 9.80 Å². The van der Waals surface area contributed by atoms with Crippen LogP contribution in [-0.2, 0) is 4.79 Å². The van der Waals surface area contributed by atoms with Crippen molar-refractivity contribution in [3.8, 4) is 0 Å². The molecule has 24 heavy (non-hydrogen) atoms. The molecule has 4 saturated carbocycles. The zero-order chi connectivity index (χ0) is 16.2. The van der Waals surface area contributed by atoms with Crippen LogP contribution in [0.3, 0.4) is 0 Å². The van der Waals surface area contributed by atoms with Gasteiger partial charge in [-0.15, -0.1) is 12.4 Å². The number of rotatable bonds is 3. The van der Waals surface area contributed by atoms with Crippen LogP contribution in [-0.4, -0.2) is 53.3 Å². The summed E-state index contributed by atoms with van der Waals surface area (Å²) in [5.74, 6) is 2.16. The van der Waals surface area contributed by atoms with E-state index in [0.29, 0.717) is 21.7 Å². The Morgan fingerprint density at radius 2 is 1.75 bits per heavy atom. The summed E-state index contributed by atoms with van der Waals surface area (Å²) in [6, 6.07) is 0.463. The van der Waals surface area contributed by atoms with Gasteiger partial charge in [0.15, 0.2) is 0 Å². The Balaban J connectivity index is 0.00000169. The molecule has 1 saturated heterocycles. The fourth-order valence-electron chi connectivity index (χ4n) is 6.57. The van der Waals surface area contributed by atoms with Crippen LogP contribution in [0.25, 0.3) is 0 Å². The zero-order valence-electron chi connectivity index (χ0n) is 15.1. The first-order valence-corrected chi connectivity index (χ1v) is 10.3. The van der Waals surface area contributed by atoms with E-state index in [0.717, 1.165) is 44.2 Å². The highest BCUT2D eigenvalue weighted by atomic mass is 79.9. The fourth-order valence-corrected chi connectivity index (χ4v) is 8.08. The monoisotopic (exact) mass is 418 g/mol. The van der Waals surface area contributed by atoms with Crippen molar-refractivity contribution in [2.24, 2.45) is 17.3 Å². The lowest BCUT2D eigenvalue weighted by Gasteiger charge is -2.60. The van der Waals surface area contributed by atoms with Gasteiger partial charge in [-0.3, -0.25) is 4.79 Å². The fraction of sp³-hybridized carbons (Fsp3) is 0.947. The number of hydrogen-bond acceptors (Lipinski definition) is 2. The third kappa shape index (κ3) is 3.53. The van der Waals surface area contributed by atoms with Crippen LogP contribution >= 0.6 is 28.3 Å². The van der Waals surface area contributed by atoms with Crippen LogP contribution in [0.4, 0.5) is 0 Å². The maximum Gasteiger partial charge on any atom is 0.223 e. The quantitative estimate of drug-likeness (QED) is 0.643. The summed E-state index contributed by atoms with van der Waals surface area (Å²) in [5, 5.41) is 0. The molecule has 3 nitrogen and oxygen atoms in total. The SMILES string of the molecule is CN1CCC(N(C)C(=O)CC23CC4CC(CC(Br)(C4)C2)C3)CC1.Cl. The van der Waals surface area contributed by atoms with E-state index in [9.17, 15) is 4.79 Å². The number of alkyl halides is 1. The minimum absolute atomic E-state index is 0. The first kappa shape index (κ1) is 19.0. The second-order valence-corrected chi connectivity index (χ2v) is 11.0. The molecular weight excluding hydrogens is 388 g/mol. The normalized spacial score (nSPS) is 42.0. The number of carbonyl (C=O) groups excluding carboxylic acids is 1. The number of carbonyl (C=O) groups is 1. The van der Waals surface area contributed by atoms with Gasteiger partial charge in [0.2, 0.25) is 5.91 Å². The van der Waals surface area contributed by atoms with E-state index in [4.69, 9.17) is 0 Å². The molecule has 0 aromatic heterocycles. The summed E-state index contributed by atoms with van der Waals surface area (Å²) in [4.78, 5) is 17.5. The maximum atomic E-state index is 13.0. The van der Waals surface area contributed by atoms with Gasteiger partial charge >= 0.3 is 0 Å². The molecule has 1 aliphatic heterocycles. The van der Waals surface area contributed by atoms with E-state index in [-0.39, 0.29) is 12.4 Å². The summed E-state index contributed by atoms with van der Waals surface area (Å²) >= 11 is 4.07. The average molecular weight is 420 g/mol. The topological polar surface area (TPSA) is 23.6 Å². The Morgan fingerprint density at radius 1 is 1.17 bits per heavy atom. The molecule has 0 radical (unpaired) electrons. The van der Waals surface area contributed by atoms with E-state index in [1.165, 1.54) is 38.5 Å². The molecule has 5 aliphatic rings. The Morgan fingerprint density at radius 3 is 2.29 bits per heavy atom. The highest BCUT2D eigenvalue weighted by Gasteiger charge is 2.57. The summed E-state index contributed by atoms with van der Waals surface area (Å²) in [5.41, 5.74) is 0.310. The summed E-state index contributed by atoms with van der Waals surface area (Å²) in [6.07, 6.45) is 11.1. The molecule has 0 aromatic rings. The van der Waals surface area contributed by atoms with Gasteiger partial charge in [0, 0.05) is 23.8 Å². The third-order valence-electron chi connectivity index (χ3n) is 7.27. The van der Waals surface area contributed by atoms with Gasteiger partial charge in [-0.05, 0) is 88.8 Å². The van der Waals surface area contributed by atoms with Gasteiger partial charge in [-0.2, -0.15) is 0 Å². The van der Waals surface area contributed by atoms with Crippen LogP contribution < -0.4 is 0 Å². The standard InChI is InChI=1S/C19H31BrN2O.ClH/c1-21-5-3-16(4-6-21)22(2)17(23)12-18-8-14-7-15(9-18)11-19(20,10-14)13-18;/h14-16H,3-13H2,1-2H3;1H. The van der Waals surface area contributed by atoms with E-state index < -0.39 is 0 Å². The van der Waals surface area contributed by atoms with Crippen molar-refractivity contribution in [1.82, 2.24) is 9.80 Å². The molecule has 1 heterocycles. The number of hydrogen-bond donors (Lipinski definition) is 0. The molecule has 5 fully saturated rings. The summed E-state index contributed by atoms with van der Waals surface area (Å²) in [6.45, 7) is 2.25. The van der Waals surface area contributed by atoms with Crippen molar-refractivity contribution in [3.63, 3.8) is 0 Å². The Labute approximate surface area is 161 Å². The predicted molar refractivity (Wildman–Crippen MR) is 104 cm³/mol. The van der Waals surface area contributed by atoms with E-state index in [1.807, 2.05) is 0 Å². The highest BCUT2D eigenvalue weighted by Crippen LogP contribution is 2.65. The molecule has 1 amide bonds. The van der Waals surface area contributed by atoms with Gasteiger partial charge in [0.05, 0.1) is 0 Å². The molecule has 4 bridgehead atoms. The van der Waals surface area contributed by atoms with Crippen LogP contribution in [0.1, 0.15) is 57.8 Å². The molecule has 0 aromatic carbocycles. The number of likely N-dealkylation sites (tertiary alicyclic amines) is 1. The molecule has 0 spiro atoms. The molecule has 4 aliphatic carbocycles. The van der Waals surface area contributed by atoms with Gasteiger partial charge in [0.1, 0.15) is 0 Å². The van der Waals surface area contributed by atoms with Gasteiger partial charge in [0.25, 0.3) is 0 Å². The molecule has 5 rings (SSSR count). The smallest absolute Gasteiger partial charge is 0.223 e. The van der Waals surface area contributed by atoms with Crippen LogP contribution in [0.15, 0.2) is 0 Å². The van der Waals surface area contributed by atoms with E-state index in [2.05, 4.69) is 39.8 Å². The lowest BCUT2D eigenvalue weighted by Crippen LogP contribution is -2.54. The maximum absolute atomic E-state index is 13.0. The van der Waals surface area contributed by atoms with Crippen LogP contribution in [0, 0.1) is 17.3 Å². The van der Waals surface area contributed by atoms with E-state index >= 15 is 0 Å². The lowest BCUT2D eigenvalue weighted by atomic mass is 9.48. The zero-order valence-corrected chi connectivity index (χ0v) is 17.5. The second kappa shape index (κ2) is 6.74. The third-order valence-corrected chi connectivity index (χ3v) is 8.19. The molecule has 2 atom stereocenters. The Bertz CT molecular complexity index is 478. The van der Waals surface area contributed by atoms with Crippen LogP contribution in [0.2, 0.25) is 0 Å². The first-order valence-electron chi connectivity index (χ1n) is 9.50. The molecular formula is C19H32BrClN2O. The Hall–Kier alpha value is 0.200. The van der Waals surface area contributed by atoms with E-state index in [1.54, 1.807) is 0 Å². The number of nitrogens with zero attached hydrogens (tertiary/aromatic N) is 2. The van der Waals surface area contributed by atoms with Crippen molar-refractivity contribution in [2.75, 3.05) is 27.2 Å². The average Bonchev–Trinajstić information content (AvgIpc) is 2.44. The van der Waals surface area contributed by atoms with Crippen molar-refractivity contribution in [3.05, 3.63) is 0 Å². The van der Waals surface area contributed by atoms with Crippen molar-refractivity contribution < 1.29 is 4.79 Å².